The van der Waals surface area contributed by atoms with Crippen LogP contribution >= 0.6 is 0 Å². The first kappa shape index (κ1) is 63.4. The Balaban J connectivity index is 0.000000117. The highest BCUT2D eigenvalue weighted by Gasteiger charge is 2.34. The van der Waals surface area contributed by atoms with Gasteiger partial charge in [-0.25, -0.2) is 28.7 Å². The number of aliphatic hydroxyl groups is 1. The average molecular weight is 1310 g/mol. The van der Waals surface area contributed by atoms with Crippen molar-refractivity contribution in [3.05, 3.63) is 218 Å². The van der Waals surface area contributed by atoms with Crippen molar-refractivity contribution in [2.45, 2.75) is 58.0 Å². The van der Waals surface area contributed by atoms with E-state index in [9.17, 15) is 35.8 Å². The molecule has 0 fully saturated rings. The molecule has 4 aromatic carbocycles. The maximum absolute atomic E-state index is 14.3. The maximum atomic E-state index is 14.3. The molecule has 0 saturated heterocycles. The van der Waals surface area contributed by atoms with Crippen LogP contribution in [0.2, 0.25) is 0 Å². The number of nitrogens with zero attached hydrogens (tertiary/aromatic N) is 12. The molecule has 0 aliphatic rings. The van der Waals surface area contributed by atoms with Gasteiger partial charge in [0, 0.05) is 94.6 Å². The van der Waals surface area contributed by atoms with Crippen LogP contribution in [0.25, 0.3) is 87.2 Å². The molecule has 97 heavy (non-hydrogen) atoms. The van der Waals surface area contributed by atoms with E-state index in [0.29, 0.717) is 72.8 Å². The fourth-order valence-electron chi connectivity index (χ4n) is 10.9. The van der Waals surface area contributed by atoms with Crippen LogP contribution in [-0.2, 0) is 23.4 Å². The minimum atomic E-state index is -4.53. The molecule has 0 spiro atoms. The molecule has 0 radical (unpaired) electrons. The van der Waals surface area contributed by atoms with Gasteiger partial charge in [0.15, 0.2) is 28.3 Å². The monoisotopic (exact) mass is 1310 g/mol. The number of rotatable bonds is 11. The third kappa shape index (κ3) is 13.7. The number of H-pyrrole nitrogens is 4. The number of nitrogens with one attached hydrogen (secondary N) is 8. The summed E-state index contributed by atoms with van der Waals surface area (Å²) in [6, 6.07) is 40.9. The van der Waals surface area contributed by atoms with E-state index < -0.39 is 34.9 Å². The molecule has 21 nitrogen and oxygen atoms in total. The van der Waals surface area contributed by atoms with E-state index in [1.807, 2.05) is 84.9 Å². The lowest BCUT2D eigenvalue weighted by Gasteiger charge is -2.19. The van der Waals surface area contributed by atoms with Gasteiger partial charge in [0.2, 0.25) is 0 Å². The molecule has 28 heteroatoms. The molecule has 0 saturated carbocycles. The molecule has 16 aromatic rings. The summed E-state index contributed by atoms with van der Waals surface area (Å²) >= 11 is 0. The number of alkyl halides is 6. The van der Waals surface area contributed by atoms with Crippen LogP contribution in [0.5, 0.6) is 0 Å². The number of fused-ring (bicyclic) bond motifs is 8. The lowest BCUT2D eigenvalue weighted by molar-refractivity contribution is -0.139. The number of pyridine rings is 8. The van der Waals surface area contributed by atoms with Crippen LogP contribution in [0, 0.1) is 5.82 Å². The summed E-state index contributed by atoms with van der Waals surface area (Å²) < 4.78 is 94.0. The molecule has 0 aliphatic carbocycles. The van der Waals surface area contributed by atoms with Crippen LogP contribution in [0.15, 0.2) is 189 Å². The van der Waals surface area contributed by atoms with E-state index in [4.69, 9.17) is 0 Å². The lowest BCUT2D eigenvalue weighted by Crippen LogP contribution is -2.17. The van der Waals surface area contributed by atoms with Crippen molar-refractivity contribution in [1.29, 1.82) is 0 Å². The quantitative estimate of drug-likeness (QED) is 0.0544. The first-order chi connectivity index (χ1) is 46.5. The highest BCUT2D eigenvalue weighted by molar-refractivity contribution is 5.96. The molecule has 12 aromatic heterocycles. The standard InChI is InChI=1S/C18H16FN5.C18H17N5O.C17H13F2N5.C16H9F4N5/c1-18(2,19)15-13-6-5-12(10-11(13)7-9-20-15)22-17-14-4-3-8-21-16(14)23-24-17;1-18(2,24)15-13-6-5-12(10-11(13)7-9-19-15)21-17-14-4-3-8-20-16(14)22-23-17;1-17(18,19)14-12-5-4-11(9-10(12)6-8-20-14)22-16-13-3-2-7-21-15(13)23-24-16;17-9-6-12-14(22-7-9)24-25-15(12)23-10-1-2-11-8(5-10)3-4-21-13(11)16(18,19)20/h3-10H,1-2H3,(H2,21,22,23,24);3-10,24H,1-2H3,(H2,20,21,22,23);2-9H,1H3,(H2,21,22,23,24);1-7H,(H2,22,23,24,25). The first-order valence-electron chi connectivity index (χ1n) is 29.9. The zero-order valence-electron chi connectivity index (χ0n) is 51.9. The van der Waals surface area contributed by atoms with Gasteiger partial charge in [-0.3, -0.25) is 40.3 Å². The van der Waals surface area contributed by atoms with Crippen LogP contribution in [0.1, 0.15) is 57.4 Å². The Morgan fingerprint density at radius 1 is 0.340 bits per heavy atom. The molecule has 9 N–H and O–H groups in total. The zero-order valence-corrected chi connectivity index (χ0v) is 51.9. The van der Waals surface area contributed by atoms with Crippen LogP contribution in [-0.4, -0.2) is 85.8 Å². The fourth-order valence-corrected chi connectivity index (χ4v) is 10.9. The van der Waals surface area contributed by atoms with Gasteiger partial charge in [0.05, 0.1) is 39.1 Å². The largest absolute Gasteiger partial charge is 0.433 e. The Bertz CT molecular complexity index is 5160. The van der Waals surface area contributed by atoms with Crippen LogP contribution < -0.4 is 21.3 Å². The van der Waals surface area contributed by atoms with Gasteiger partial charge in [-0.15, -0.1) is 0 Å². The maximum Gasteiger partial charge on any atom is 0.433 e. The SMILES string of the molecule is CC(C)(F)c1nccc2cc(Nc3[nH]nc4ncccc34)ccc12.CC(C)(O)c1nccc2cc(Nc3[nH]nc4ncccc34)ccc12.CC(F)(F)c1nccc2cc(Nc3[nH]nc4ncccc34)ccc12.Fc1cnc2n[nH]c(Nc3ccc4c(C(F)(F)F)nccc4c3)c2c1. The highest BCUT2D eigenvalue weighted by Crippen LogP contribution is 2.38. The molecular formula is C69H55F7N20O. The number of hydrogen-bond acceptors (Lipinski definition) is 17. The van der Waals surface area contributed by atoms with Crippen molar-refractivity contribution in [2.75, 3.05) is 21.3 Å². The summed E-state index contributed by atoms with van der Waals surface area (Å²) in [5.74, 6) is -0.832. The summed E-state index contributed by atoms with van der Waals surface area (Å²) in [5, 5.41) is 59.3. The molecule has 0 amide bonds. The topological polar surface area (TPSA) is 286 Å². The van der Waals surface area contributed by atoms with Gasteiger partial charge < -0.3 is 26.4 Å². The van der Waals surface area contributed by atoms with E-state index in [0.717, 1.165) is 85.7 Å². The average Bonchev–Trinajstić information content (AvgIpc) is 1.83. The van der Waals surface area contributed by atoms with Crippen molar-refractivity contribution in [2.24, 2.45) is 0 Å². The Labute approximate surface area is 544 Å². The van der Waals surface area contributed by atoms with Gasteiger partial charge in [0.25, 0.3) is 5.92 Å². The van der Waals surface area contributed by atoms with Crippen molar-refractivity contribution in [1.82, 2.24) is 80.7 Å². The smallest absolute Gasteiger partial charge is 0.384 e. The second kappa shape index (κ2) is 25.5. The summed E-state index contributed by atoms with van der Waals surface area (Å²) in [5.41, 5.74) is 2.83. The summed E-state index contributed by atoms with van der Waals surface area (Å²) in [7, 11) is 0. The zero-order chi connectivity index (χ0) is 67.8. The van der Waals surface area contributed by atoms with E-state index in [1.54, 1.807) is 75.2 Å². The minimum Gasteiger partial charge on any atom is -0.384 e. The molecule has 0 unspecified atom stereocenters. The van der Waals surface area contributed by atoms with Crippen molar-refractivity contribution < 1.29 is 35.8 Å². The predicted octanol–water partition coefficient (Wildman–Crippen LogP) is 16.7. The van der Waals surface area contributed by atoms with Crippen LogP contribution in [0.3, 0.4) is 0 Å². The van der Waals surface area contributed by atoms with Gasteiger partial charge >= 0.3 is 6.18 Å². The number of aromatic nitrogens is 16. The molecule has 0 aliphatic heterocycles. The lowest BCUT2D eigenvalue weighted by atomic mass is 9.98. The highest BCUT2D eigenvalue weighted by atomic mass is 19.4. The van der Waals surface area contributed by atoms with Crippen molar-refractivity contribution in [3.63, 3.8) is 0 Å². The number of halogens is 7. The third-order valence-electron chi connectivity index (χ3n) is 15.3. The van der Waals surface area contributed by atoms with Gasteiger partial charge in [-0.05, 0) is 165 Å². The second-order valence-corrected chi connectivity index (χ2v) is 23.3. The number of aromatic amines is 4. The molecule has 16 rings (SSSR count). The first-order valence-corrected chi connectivity index (χ1v) is 29.9. The van der Waals surface area contributed by atoms with E-state index in [2.05, 4.69) is 102 Å². The third-order valence-corrected chi connectivity index (χ3v) is 15.3. The summed E-state index contributed by atoms with van der Waals surface area (Å²) in [6.45, 7) is 7.37. The van der Waals surface area contributed by atoms with Gasteiger partial charge in [-0.1, -0.05) is 24.3 Å². The minimum absolute atomic E-state index is 0.00253. The predicted molar refractivity (Wildman–Crippen MR) is 360 cm³/mol. The van der Waals surface area contributed by atoms with Crippen LogP contribution in [0.4, 0.5) is 76.8 Å². The van der Waals surface area contributed by atoms with Crippen molar-refractivity contribution in [3.8, 4) is 0 Å². The van der Waals surface area contributed by atoms with Crippen molar-refractivity contribution >= 4 is 133 Å². The Hall–Kier alpha value is -12.3. The Morgan fingerprint density at radius 2 is 0.670 bits per heavy atom. The number of hydrogen-bond donors (Lipinski definition) is 9. The molecule has 12 heterocycles. The normalized spacial score (nSPS) is 12.0. The summed E-state index contributed by atoms with van der Waals surface area (Å²) in [4.78, 5) is 32.2. The molecule has 486 valence electrons. The number of anilines is 8. The van der Waals surface area contributed by atoms with E-state index in [1.165, 1.54) is 44.3 Å². The molecular weight excluding hydrogens is 1260 g/mol. The van der Waals surface area contributed by atoms with E-state index in [-0.39, 0.29) is 11.1 Å². The molecule has 0 bridgehead atoms. The van der Waals surface area contributed by atoms with Gasteiger partial charge in [0.1, 0.15) is 46.1 Å². The molecule has 0 atom stereocenters. The van der Waals surface area contributed by atoms with Gasteiger partial charge in [-0.2, -0.15) is 42.3 Å². The fraction of sp³-hybridized carbons (Fsp3) is 0.130. The Kier molecular flexibility index (Phi) is 16.7. The number of benzene rings is 4. The second-order valence-electron chi connectivity index (χ2n) is 23.3. The Morgan fingerprint density at radius 3 is 1.04 bits per heavy atom. The summed E-state index contributed by atoms with van der Waals surface area (Å²) in [6.07, 6.45) is 7.47. The van der Waals surface area contributed by atoms with E-state index >= 15 is 0 Å².